The summed E-state index contributed by atoms with van der Waals surface area (Å²) < 4.78 is 3.11. The van der Waals surface area contributed by atoms with E-state index in [1.54, 1.807) is 11.3 Å². The Morgan fingerprint density at radius 1 is 1.05 bits per heavy atom. The molecule has 4 aromatic rings. The number of nitrogens with two attached hydrogens (primary N) is 1. The summed E-state index contributed by atoms with van der Waals surface area (Å²) in [4.78, 5) is 8.67. The Bertz CT molecular complexity index is 891. The molecular formula is C14H10N4S. The van der Waals surface area contributed by atoms with Crippen molar-refractivity contribution in [1.82, 2.24) is 14.5 Å². The van der Waals surface area contributed by atoms with Crippen LogP contribution in [0.1, 0.15) is 0 Å². The number of anilines is 1. The quantitative estimate of drug-likeness (QED) is 0.575. The number of rotatable bonds is 1. The minimum Gasteiger partial charge on any atom is -0.369 e. The summed E-state index contributed by atoms with van der Waals surface area (Å²) in [5, 5.41) is 0. The van der Waals surface area contributed by atoms with Crippen molar-refractivity contribution in [1.29, 1.82) is 0 Å². The van der Waals surface area contributed by atoms with Gasteiger partial charge in [0.2, 0.25) is 5.95 Å². The molecule has 0 fully saturated rings. The molecule has 0 aliphatic carbocycles. The van der Waals surface area contributed by atoms with Crippen LogP contribution in [0.4, 0.5) is 5.95 Å². The van der Waals surface area contributed by atoms with Gasteiger partial charge in [0, 0.05) is 0 Å². The molecule has 0 radical (unpaired) electrons. The Labute approximate surface area is 113 Å². The maximum atomic E-state index is 6.04. The third-order valence-corrected chi connectivity index (χ3v) is 3.95. The second-order valence-corrected chi connectivity index (χ2v) is 5.18. The summed E-state index contributed by atoms with van der Waals surface area (Å²) in [6.45, 7) is 0. The van der Waals surface area contributed by atoms with Gasteiger partial charge in [-0.15, -0.1) is 11.3 Å². The van der Waals surface area contributed by atoms with Crippen molar-refractivity contribution < 1.29 is 0 Å². The molecule has 4 nitrogen and oxygen atoms in total. The van der Waals surface area contributed by atoms with Crippen LogP contribution in [-0.2, 0) is 0 Å². The average molecular weight is 266 g/mol. The first-order chi connectivity index (χ1) is 9.33. The molecule has 0 aliphatic heterocycles. The third kappa shape index (κ3) is 1.52. The topological polar surface area (TPSA) is 56.7 Å². The van der Waals surface area contributed by atoms with E-state index >= 15 is 0 Å². The van der Waals surface area contributed by atoms with Gasteiger partial charge in [-0.3, -0.25) is 4.57 Å². The lowest BCUT2D eigenvalue weighted by atomic mass is 10.2. The van der Waals surface area contributed by atoms with Gasteiger partial charge in [-0.1, -0.05) is 12.1 Å². The van der Waals surface area contributed by atoms with E-state index in [1.807, 2.05) is 46.5 Å². The molecule has 0 unspecified atom stereocenters. The monoisotopic (exact) mass is 266 g/mol. The van der Waals surface area contributed by atoms with Crippen molar-refractivity contribution in [2.24, 2.45) is 0 Å². The number of imidazole rings is 1. The third-order valence-electron chi connectivity index (χ3n) is 3.16. The molecule has 19 heavy (non-hydrogen) atoms. The number of para-hydroxylation sites is 2. The minimum absolute atomic E-state index is 0.505. The highest BCUT2D eigenvalue weighted by atomic mass is 32.1. The Balaban J connectivity index is 2.05. The van der Waals surface area contributed by atoms with Crippen LogP contribution >= 0.6 is 11.3 Å². The molecule has 0 bridgehead atoms. The Morgan fingerprint density at radius 3 is 2.89 bits per heavy atom. The van der Waals surface area contributed by atoms with Crippen LogP contribution in [0.3, 0.4) is 0 Å². The van der Waals surface area contributed by atoms with Crippen LogP contribution in [0.15, 0.2) is 48.0 Å². The van der Waals surface area contributed by atoms with E-state index in [1.165, 1.54) is 0 Å². The highest BCUT2D eigenvalue weighted by Gasteiger charge is 2.10. The summed E-state index contributed by atoms with van der Waals surface area (Å²) in [6.07, 6.45) is 0. The molecule has 0 spiro atoms. The number of hydrogen-bond donors (Lipinski definition) is 1. The molecule has 2 N–H and O–H groups in total. The summed E-state index contributed by atoms with van der Waals surface area (Å²) in [6, 6.07) is 14.1. The lowest BCUT2D eigenvalue weighted by Gasteiger charge is -2.06. The van der Waals surface area contributed by atoms with Gasteiger partial charge in [0.05, 0.1) is 32.4 Å². The van der Waals surface area contributed by atoms with E-state index in [4.69, 9.17) is 5.73 Å². The molecule has 0 atom stereocenters. The maximum absolute atomic E-state index is 6.04. The predicted molar refractivity (Wildman–Crippen MR) is 78.7 cm³/mol. The van der Waals surface area contributed by atoms with Crippen molar-refractivity contribution in [2.45, 2.75) is 0 Å². The van der Waals surface area contributed by atoms with E-state index in [-0.39, 0.29) is 0 Å². The van der Waals surface area contributed by atoms with Gasteiger partial charge in [0.1, 0.15) is 0 Å². The van der Waals surface area contributed by atoms with Crippen LogP contribution < -0.4 is 5.73 Å². The smallest absolute Gasteiger partial charge is 0.205 e. The van der Waals surface area contributed by atoms with Gasteiger partial charge in [-0.25, -0.2) is 9.97 Å². The first kappa shape index (κ1) is 10.5. The lowest BCUT2D eigenvalue weighted by molar-refractivity contribution is 1.11. The summed E-state index contributed by atoms with van der Waals surface area (Å²) in [5.41, 5.74) is 11.8. The first-order valence-electron chi connectivity index (χ1n) is 5.89. The van der Waals surface area contributed by atoms with Crippen LogP contribution in [-0.4, -0.2) is 14.5 Å². The molecule has 92 valence electrons. The molecule has 2 aromatic carbocycles. The summed E-state index contributed by atoms with van der Waals surface area (Å²) in [7, 11) is 0. The van der Waals surface area contributed by atoms with Crippen LogP contribution in [0.25, 0.3) is 26.9 Å². The Morgan fingerprint density at radius 2 is 1.95 bits per heavy atom. The number of nitrogen functional groups attached to an aromatic ring is 1. The molecular weight excluding hydrogens is 256 g/mol. The number of hydrogen-bond acceptors (Lipinski definition) is 4. The fourth-order valence-electron chi connectivity index (χ4n) is 2.30. The molecule has 2 aromatic heterocycles. The standard InChI is InChI=1S/C14H10N4S/c15-14-17-10-3-1-2-4-12(10)18(14)9-5-6-11-13(7-9)19-8-16-11/h1-8H,(H2,15,17). The van der Waals surface area contributed by atoms with E-state index in [9.17, 15) is 0 Å². The number of thiazole rings is 1. The highest BCUT2D eigenvalue weighted by molar-refractivity contribution is 7.16. The molecule has 0 aliphatic rings. The zero-order chi connectivity index (χ0) is 12.8. The predicted octanol–water partition coefficient (Wildman–Crippen LogP) is 3.22. The zero-order valence-corrected chi connectivity index (χ0v) is 10.8. The van der Waals surface area contributed by atoms with Crippen molar-refractivity contribution >= 4 is 38.5 Å². The second kappa shape index (κ2) is 3.80. The SMILES string of the molecule is Nc1nc2ccccc2n1-c1ccc2ncsc2c1. The van der Waals surface area contributed by atoms with Gasteiger partial charge in [-0.2, -0.15) is 0 Å². The van der Waals surface area contributed by atoms with E-state index < -0.39 is 0 Å². The zero-order valence-electron chi connectivity index (χ0n) is 9.95. The van der Waals surface area contributed by atoms with Crippen LogP contribution in [0.5, 0.6) is 0 Å². The van der Waals surface area contributed by atoms with Gasteiger partial charge in [0.15, 0.2) is 0 Å². The molecule has 4 rings (SSSR count). The summed E-state index contributed by atoms with van der Waals surface area (Å²) >= 11 is 1.62. The van der Waals surface area contributed by atoms with Gasteiger partial charge in [-0.05, 0) is 30.3 Å². The van der Waals surface area contributed by atoms with E-state index in [0.29, 0.717) is 5.95 Å². The molecule has 5 heteroatoms. The molecule has 2 heterocycles. The van der Waals surface area contributed by atoms with Crippen LogP contribution in [0.2, 0.25) is 0 Å². The van der Waals surface area contributed by atoms with Gasteiger partial charge < -0.3 is 5.73 Å². The maximum Gasteiger partial charge on any atom is 0.205 e. The lowest BCUT2D eigenvalue weighted by Crippen LogP contribution is -2.00. The molecule has 0 amide bonds. The second-order valence-electron chi connectivity index (χ2n) is 4.30. The highest BCUT2D eigenvalue weighted by Crippen LogP contribution is 2.26. The Kier molecular flexibility index (Phi) is 2.10. The normalized spacial score (nSPS) is 11.4. The van der Waals surface area contributed by atoms with Crippen molar-refractivity contribution in [3.8, 4) is 5.69 Å². The fourth-order valence-corrected chi connectivity index (χ4v) is 3.01. The van der Waals surface area contributed by atoms with Crippen molar-refractivity contribution in [3.05, 3.63) is 48.0 Å². The van der Waals surface area contributed by atoms with Gasteiger partial charge in [0.25, 0.3) is 0 Å². The molecule has 0 saturated carbocycles. The largest absolute Gasteiger partial charge is 0.369 e. The van der Waals surface area contributed by atoms with E-state index in [2.05, 4.69) is 16.0 Å². The van der Waals surface area contributed by atoms with Crippen LogP contribution in [0, 0.1) is 0 Å². The minimum atomic E-state index is 0.505. The fraction of sp³-hybridized carbons (Fsp3) is 0. The number of benzene rings is 2. The molecule has 0 saturated heterocycles. The van der Waals surface area contributed by atoms with E-state index in [0.717, 1.165) is 26.9 Å². The van der Waals surface area contributed by atoms with Crippen molar-refractivity contribution in [3.63, 3.8) is 0 Å². The summed E-state index contributed by atoms with van der Waals surface area (Å²) in [5.74, 6) is 0.505. The van der Waals surface area contributed by atoms with Gasteiger partial charge >= 0.3 is 0 Å². The number of fused-ring (bicyclic) bond motifs is 2. The van der Waals surface area contributed by atoms with Crippen molar-refractivity contribution in [2.75, 3.05) is 5.73 Å². The Hall–Kier alpha value is -2.40. The number of nitrogens with zero attached hydrogens (tertiary/aromatic N) is 3. The average Bonchev–Trinajstić information content (AvgIpc) is 3.00. The first-order valence-corrected chi connectivity index (χ1v) is 6.77. The number of aromatic nitrogens is 3.